The molecule has 1 N–H and O–H groups in total. The summed E-state index contributed by atoms with van der Waals surface area (Å²) < 4.78 is 12.9. The molecule has 1 aromatic carbocycles. The molecule has 0 saturated heterocycles. The minimum absolute atomic E-state index is 0.00710. The van der Waals surface area contributed by atoms with Crippen molar-refractivity contribution in [2.24, 2.45) is 0 Å². The largest absolute Gasteiger partial charge is 0.493 e. The summed E-state index contributed by atoms with van der Waals surface area (Å²) >= 11 is 5.85. The maximum atomic E-state index is 12.6. The molecule has 4 rings (SSSR count). The molecule has 3 heterocycles. The number of hydrogen-bond donors (Lipinski definition) is 1. The van der Waals surface area contributed by atoms with E-state index >= 15 is 0 Å². The van der Waals surface area contributed by atoms with Crippen molar-refractivity contribution in [3.05, 3.63) is 52.3 Å². The molecule has 1 amide bonds. The molecule has 0 spiro atoms. The Balaban J connectivity index is 1.81. The molecular weight excluding hydrogens is 406 g/mol. The molecule has 0 aliphatic carbocycles. The zero-order valence-corrected chi connectivity index (χ0v) is 17.9. The van der Waals surface area contributed by atoms with Gasteiger partial charge in [-0.1, -0.05) is 17.7 Å². The van der Waals surface area contributed by atoms with Gasteiger partial charge in [0, 0.05) is 17.9 Å². The van der Waals surface area contributed by atoms with Gasteiger partial charge in [-0.2, -0.15) is 9.78 Å². The number of amides is 1. The van der Waals surface area contributed by atoms with Crippen LogP contribution in [0.3, 0.4) is 0 Å². The highest BCUT2D eigenvalue weighted by atomic mass is 35.5. The molecule has 156 valence electrons. The molecule has 1 atom stereocenters. The Morgan fingerprint density at radius 1 is 1.20 bits per heavy atom. The maximum absolute atomic E-state index is 12.6. The fraction of sp³-hybridized carbons (Fsp3) is 0.333. The smallest absolute Gasteiger partial charge is 0.226 e. The van der Waals surface area contributed by atoms with Crippen molar-refractivity contribution in [2.45, 2.75) is 39.2 Å². The van der Waals surface area contributed by atoms with Crippen LogP contribution in [0.4, 0.5) is 5.82 Å². The van der Waals surface area contributed by atoms with E-state index in [-0.39, 0.29) is 23.1 Å². The highest BCUT2D eigenvalue weighted by molar-refractivity contribution is 6.29. The number of aryl methyl sites for hydroxylation is 1. The Bertz CT molecular complexity index is 1090. The van der Waals surface area contributed by atoms with Crippen LogP contribution in [0.2, 0.25) is 5.15 Å². The minimum Gasteiger partial charge on any atom is -0.493 e. The lowest BCUT2D eigenvalue weighted by atomic mass is 9.85. The Kier molecular flexibility index (Phi) is 5.34. The number of carbonyl (C=O) groups excluding carboxylic acids is 1. The van der Waals surface area contributed by atoms with Gasteiger partial charge in [-0.25, -0.2) is 0 Å². The van der Waals surface area contributed by atoms with Crippen LogP contribution in [-0.2, 0) is 4.79 Å². The summed E-state index contributed by atoms with van der Waals surface area (Å²) in [6, 6.07) is 9.10. The van der Waals surface area contributed by atoms with Gasteiger partial charge in [0.15, 0.2) is 22.5 Å². The van der Waals surface area contributed by atoms with E-state index in [0.29, 0.717) is 29.6 Å². The molecule has 0 fully saturated rings. The van der Waals surface area contributed by atoms with Gasteiger partial charge in [0.25, 0.3) is 0 Å². The Morgan fingerprint density at radius 3 is 2.67 bits per heavy atom. The number of benzene rings is 1. The molecule has 30 heavy (non-hydrogen) atoms. The average molecular weight is 428 g/mol. The number of carbonyl (C=O) groups is 1. The van der Waals surface area contributed by atoms with Crippen LogP contribution in [-0.4, -0.2) is 39.1 Å². The molecule has 1 aliphatic heterocycles. The van der Waals surface area contributed by atoms with E-state index in [2.05, 4.69) is 20.6 Å². The van der Waals surface area contributed by atoms with Crippen LogP contribution in [0.1, 0.15) is 43.0 Å². The number of methoxy groups -OCH3 is 1. The molecule has 0 radical (unpaired) electrons. The fourth-order valence-corrected chi connectivity index (χ4v) is 3.78. The van der Waals surface area contributed by atoms with Crippen molar-refractivity contribution in [1.82, 2.24) is 20.0 Å². The van der Waals surface area contributed by atoms with E-state index in [1.807, 2.05) is 39.0 Å². The normalized spacial score (nSPS) is 15.7. The van der Waals surface area contributed by atoms with E-state index in [0.717, 1.165) is 16.8 Å². The molecule has 9 heteroatoms. The summed E-state index contributed by atoms with van der Waals surface area (Å²) in [7, 11) is 1.61. The van der Waals surface area contributed by atoms with Crippen molar-refractivity contribution in [3.8, 4) is 17.3 Å². The highest BCUT2D eigenvalue weighted by Gasteiger charge is 2.33. The standard InChI is InChI=1S/C21H22ClN5O3/c1-11(2)30-16-9-13(5-6-15(16)29-4)14-10-19(28)23-21-20(14)12(3)26-27(21)18-8-7-17(22)24-25-18/h5-9,11,14H,10H2,1-4H3,(H,23,28). The summed E-state index contributed by atoms with van der Waals surface area (Å²) in [5, 5.41) is 15.8. The van der Waals surface area contributed by atoms with E-state index < -0.39 is 0 Å². The molecule has 1 unspecified atom stereocenters. The molecule has 3 aromatic rings. The van der Waals surface area contributed by atoms with Crippen molar-refractivity contribution >= 4 is 23.3 Å². The second-order valence-electron chi connectivity index (χ2n) is 7.36. The van der Waals surface area contributed by atoms with Gasteiger partial charge in [-0.3, -0.25) is 4.79 Å². The summed E-state index contributed by atoms with van der Waals surface area (Å²) in [5.74, 6) is 2.08. The SMILES string of the molecule is COc1ccc(C2CC(=O)Nc3c2c(C)nn3-c2ccc(Cl)nn2)cc1OC(C)C. The first-order valence-electron chi connectivity index (χ1n) is 9.61. The van der Waals surface area contributed by atoms with E-state index in [9.17, 15) is 4.79 Å². The van der Waals surface area contributed by atoms with E-state index in [1.54, 1.807) is 23.9 Å². The number of nitrogens with one attached hydrogen (secondary N) is 1. The second kappa shape index (κ2) is 7.95. The lowest BCUT2D eigenvalue weighted by Crippen LogP contribution is -2.25. The minimum atomic E-state index is -0.178. The summed E-state index contributed by atoms with van der Waals surface area (Å²) in [4.78, 5) is 12.6. The first kappa shape index (κ1) is 20.2. The Morgan fingerprint density at radius 2 is 2.00 bits per heavy atom. The van der Waals surface area contributed by atoms with Crippen LogP contribution in [0, 0.1) is 6.92 Å². The number of halogens is 1. The number of rotatable bonds is 5. The van der Waals surface area contributed by atoms with Gasteiger partial charge in [0.05, 0.1) is 18.9 Å². The average Bonchev–Trinajstić information content (AvgIpc) is 3.03. The molecule has 0 bridgehead atoms. The van der Waals surface area contributed by atoms with Gasteiger partial charge < -0.3 is 14.8 Å². The molecular formula is C21H22ClN5O3. The van der Waals surface area contributed by atoms with Crippen LogP contribution in [0.25, 0.3) is 5.82 Å². The van der Waals surface area contributed by atoms with Crippen molar-refractivity contribution < 1.29 is 14.3 Å². The quantitative estimate of drug-likeness (QED) is 0.664. The van der Waals surface area contributed by atoms with Crippen molar-refractivity contribution in [1.29, 1.82) is 0 Å². The van der Waals surface area contributed by atoms with Gasteiger partial charge in [0.2, 0.25) is 5.91 Å². The lowest BCUT2D eigenvalue weighted by Gasteiger charge is -2.25. The zero-order chi connectivity index (χ0) is 21.4. The van der Waals surface area contributed by atoms with E-state index in [4.69, 9.17) is 21.1 Å². The first-order chi connectivity index (χ1) is 14.4. The van der Waals surface area contributed by atoms with Gasteiger partial charge in [-0.15, -0.1) is 10.2 Å². The van der Waals surface area contributed by atoms with Crippen LogP contribution >= 0.6 is 11.6 Å². The Labute approximate surface area is 179 Å². The van der Waals surface area contributed by atoms with Crippen molar-refractivity contribution in [3.63, 3.8) is 0 Å². The molecule has 1 aliphatic rings. The van der Waals surface area contributed by atoms with Gasteiger partial charge in [0.1, 0.15) is 5.82 Å². The third kappa shape index (κ3) is 3.70. The second-order valence-corrected chi connectivity index (χ2v) is 7.74. The number of hydrogen-bond acceptors (Lipinski definition) is 6. The monoisotopic (exact) mass is 427 g/mol. The summed E-state index contributed by atoms with van der Waals surface area (Å²) in [5.41, 5.74) is 2.69. The third-order valence-electron chi connectivity index (χ3n) is 4.89. The molecule has 8 nitrogen and oxygen atoms in total. The van der Waals surface area contributed by atoms with Gasteiger partial charge >= 0.3 is 0 Å². The summed E-state index contributed by atoms with van der Waals surface area (Å²) in [6.45, 7) is 5.83. The zero-order valence-electron chi connectivity index (χ0n) is 17.1. The Hall–Kier alpha value is -3.13. The fourth-order valence-electron chi connectivity index (χ4n) is 3.68. The maximum Gasteiger partial charge on any atom is 0.226 e. The topological polar surface area (TPSA) is 91.2 Å². The predicted molar refractivity (Wildman–Crippen MR) is 113 cm³/mol. The number of ether oxygens (including phenoxy) is 2. The van der Waals surface area contributed by atoms with Crippen molar-refractivity contribution in [2.75, 3.05) is 12.4 Å². The first-order valence-corrected chi connectivity index (χ1v) is 9.98. The highest BCUT2D eigenvalue weighted by Crippen LogP contribution is 2.42. The number of anilines is 1. The third-order valence-corrected chi connectivity index (χ3v) is 5.09. The van der Waals surface area contributed by atoms with Crippen LogP contribution < -0.4 is 14.8 Å². The van der Waals surface area contributed by atoms with E-state index in [1.165, 1.54) is 0 Å². The summed E-state index contributed by atoms with van der Waals surface area (Å²) in [6.07, 6.45) is 0.298. The van der Waals surface area contributed by atoms with Crippen LogP contribution in [0.5, 0.6) is 11.5 Å². The number of aromatic nitrogens is 4. The predicted octanol–water partition coefficient (Wildman–Crippen LogP) is 3.89. The number of fused-ring (bicyclic) bond motifs is 1. The molecule has 2 aromatic heterocycles. The number of nitrogens with zero attached hydrogens (tertiary/aromatic N) is 4. The lowest BCUT2D eigenvalue weighted by molar-refractivity contribution is -0.116. The van der Waals surface area contributed by atoms with Gasteiger partial charge in [-0.05, 0) is 50.6 Å². The van der Waals surface area contributed by atoms with Crippen LogP contribution in [0.15, 0.2) is 30.3 Å². The molecule has 0 saturated carbocycles.